The van der Waals surface area contributed by atoms with E-state index in [-0.39, 0.29) is 11.8 Å². The standard InChI is InChI=1S/C18H20BrN5O2/c1-3-11(2)26-18(25)16-10-24(22-21-16)9-14-8-23-7-13(12-4-5-12)6-15(19)17(23)20-14/h6-8,10-12H,3-5,9H2,1-2H3. The largest absolute Gasteiger partial charge is 0.458 e. The highest BCUT2D eigenvalue weighted by Gasteiger charge is 2.25. The molecule has 3 aromatic rings. The normalized spacial score (nSPS) is 15.3. The van der Waals surface area contributed by atoms with Gasteiger partial charge in [0.25, 0.3) is 0 Å². The summed E-state index contributed by atoms with van der Waals surface area (Å²) in [6, 6.07) is 2.16. The molecule has 0 radical (unpaired) electrons. The minimum atomic E-state index is -0.447. The van der Waals surface area contributed by atoms with Crippen LogP contribution in [-0.2, 0) is 11.3 Å². The van der Waals surface area contributed by atoms with Gasteiger partial charge in [0.15, 0.2) is 11.3 Å². The first-order valence-electron chi connectivity index (χ1n) is 8.81. The Morgan fingerprint density at radius 3 is 2.92 bits per heavy atom. The van der Waals surface area contributed by atoms with Crippen molar-refractivity contribution < 1.29 is 9.53 Å². The quantitative estimate of drug-likeness (QED) is 0.573. The Kier molecular flexibility index (Phi) is 4.52. The average Bonchev–Trinajstić information content (AvgIpc) is 3.23. The van der Waals surface area contributed by atoms with E-state index in [2.05, 4.69) is 43.5 Å². The number of carbonyl (C=O) groups excluding carboxylic acids is 1. The summed E-state index contributed by atoms with van der Waals surface area (Å²) in [6.45, 7) is 4.26. The smallest absolute Gasteiger partial charge is 0.360 e. The lowest BCUT2D eigenvalue weighted by molar-refractivity contribution is 0.0327. The predicted molar refractivity (Wildman–Crippen MR) is 99.2 cm³/mol. The molecule has 0 saturated heterocycles. The van der Waals surface area contributed by atoms with Crippen LogP contribution in [0.4, 0.5) is 0 Å². The fourth-order valence-electron chi connectivity index (χ4n) is 2.81. The zero-order valence-corrected chi connectivity index (χ0v) is 16.3. The maximum atomic E-state index is 12.0. The zero-order valence-electron chi connectivity index (χ0n) is 14.7. The van der Waals surface area contributed by atoms with Gasteiger partial charge in [0.1, 0.15) is 0 Å². The van der Waals surface area contributed by atoms with Gasteiger partial charge in [-0.15, -0.1) is 5.10 Å². The van der Waals surface area contributed by atoms with Crippen LogP contribution in [0.5, 0.6) is 0 Å². The first-order valence-corrected chi connectivity index (χ1v) is 9.61. The third-order valence-corrected chi connectivity index (χ3v) is 5.16. The lowest BCUT2D eigenvalue weighted by Crippen LogP contribution is -2.14. The fourth-order valence-corrected chi connectivity index (χ4v) is 3.36. The van der Waals surface area contributed by atoms with Gasteiger partial charge in [-0.05, 0) is 59.7 Å². The monoisotopic (exact) mass is 417 g/mol. The number of esters is 1. The molecule has 0 spiro atoms. The van der Waals surface area contributed by atoms with Crippen LogP contribution >= 0.6 is 15.9 Å². The average molecular weight is 418 g/mol. The van der Waals surface area contributed by atoms with Crippen molar-refractivity contribution in [3.05, 3.63) is 46.1 Å². The molecule has 8 heteroatoms. The van der Waals surface area contributed by atoms with E-state index in [9.17, 15) is 4.79 Å². The molecule has 1 aliphatic rings. The number of aromatic nitrogens is 5. The van der Waals surface area contributed by atoms with Crippen molar-refractivity contribution >= 4 is 27.5 Å². The van der Waals surface area contributed by atoms with E-state index < -0.39 is 5.97 Å². The maximum Gasteiger partial charge on any atom is 0.360 e. The van der Waals surface area contributed by atoms with Gasteiger partial charge in [0, 0.05) is 12.4 Å². The number of carbonyl (C=O) groups is 1. The molecule has 3 heterocycles. The van der Waals surface area contributed by atoms with Gasteiger partial charge in [-0.2, -0.15) is 0 Å². The van der Waals surface area contributed by atoms with Crippen molar-refractivity contribution in [3.63, 3.8) is 0 Å². The van der Waals surface area contributed by atoms with Crippen molar-refractivity contribution in [3.8, 4) is 0 Å². The fraction of sp³-hybridized carbons (Fsp3) is 0.444. The number of nitrogens with zero attached hydrogens (tertiary/aromatic N) is 5. The van der Waals surface area contributed by atoms with Crippen molar-refractivity contribution in [1.82, 2.24) is 24.4 Å². The molecule has 1 saturated carbocycles. The summed E-state index contributed by atoms with van der Waals surface area (Å²) in [4.78, 5) is 16.7. The van der Waals surface area contributed by atoms with E-state index in [1.165, 1.54) is 18.4 Å². The van der Waals surface area contributed by atoms with Gasteiger partial charge in [-0.25, -0.2) is 14.5 Å². The Morgan fingerprint density at radius 2 is 2.19 bits per heavy atom. The van der Waals surface area contributed by atoms with Crippen molar-refractivity contribution in [2.75, 3.05) is 0 Å². The van der Waals surface area contributed by atoms with Gasteiger partial charge in [0.2, 0.25) is 0 Å². The third-order valence-electron chi connectivity index (χ3n) is 4.58. The molecule has 1 atom stereocenters. The molecule has 3 aromatic heterocycles. The highest BCUT2D eigenvalue weighted by Crippen LogP contribution is 2.41. The minimum Gasteiger partial charge on any atom is -0.458 e. The Labute approximate surface area is 159 Å². The number of hydrogen-bond acceptors (Lipinski definition) is 5. The lowest BCUT2D eigenvalue weighted by Gasteiger charge is -2.08. The molecule has 1 aliphatic carbocycles. The molecule has 1 fully saturated rings. The molecule has 0 N–H and O–H groups in total. The zero-order chi connectivity index (χ0) is 18.3. The van der Waals surface area contributed by atoms with Gasteiger partial charge < -0.3 is 9.14 Å². The number of rotatable bonds is 6. The van der Waals surface area contributed by atoms with Crippen LogP contribution in [0.3, 0.4) is 0 Å². The molecule has 136 valence electrons. The van der Waals surface area contributed by atoms with Crippen molar-refractivity contribution in [1.29, 1.82) is 0 Å². The Hall–Kier alpha value is -2.22. The molecule has 0 bridgehead atoms. The second-order valence-electron chi connectivity index (χ2n) is 6.78. The van der Waals surface area contributed by atoms with Gasteiger partial charge in [0.05, 0.1) is 29.0 Å². The first kappa shape index (κ1) is 17.2. The van der Waals surface area contributed by atoms with E-state index in [4.69, 9.17) is 4.74 Å². The maximum absolute atomic E-state index is 12.0. The summed E-state index contributed by atoms with van der Waals surface area (Å²) < 4.78 is 9.91. The summed E-state index contributed by atoms with van der Waals surface area (Å²) in [5.74, 6) is 0.230. The van der Waals surface area contributed by atoms with E-state index >= 15 is 0 Å². The van der Waals surface area contributed by atoms with Crippen LogP contribution in [-0.4, -0.2) is 36.5 Å². The highest BCUT2D eigenvalue weighted by atomic mass is 79.9. The topological polar surface area (TPSA) is 74.3 Å². The molecule has 0 aliphatic heterocycles. The summed E-state index contributed by atoms with van der Waals surface area (Å²) in [5.41, 5.74) is 3.28. The van der Waals surface area contributed by atoms with Crippen LogP contribution in [0.2, 0.25) is 0 Å². The second-order valence-corrected chi connectivity index (χ2v) is 7.64. The minimum absolute atomic E-state index is 0.135. The highest BCUT2D eigenvalue weighted by molar-refractivity contribution is 9.10. The van der Waals surface area contributed by atoms with Crippen LogP contribution < -0.4 is 0 Å². The van der Waals surface area contributed by atoms with E-state index in [1.807, 2.05) is 24.4 Å². The van der Waals surface area contributed by atoms with Gasteiger partial charge in [-0.1, -0.05) is 12.1 Å². The van der Waals surface area contributed by atoms with Crippen LogP contribution in [0.1, 0.15) is 60.8 Å². The number of ether oxygens (including phenoxy) is 1. The van der Waals surface area contributed by atoms with E-state index in [0.29, 0.717) is 12.5 Å². The summed E-state index contributed by atoms with van der Waals surface area (Å²) >= 11 is 3.62. The molecular formula is C18H20BrN5O2. The second kappa shape index (κ2) is 6.83. The van der Waals surface area contributed by atoms with Crippen LogP contribution in [0.25, 0.3) is 5.65 Å². The SMILES string of the molecule is CCC(C)OC(=O)c1cn(Cc2cn3cc(C4CC4)cc(Br)c3n2)nn1. The third kappa shape index (κ3) is 3.51. The van der Waals surface area contributed by atoms with Gasteiger partial charge >= 0.3 is 5.97 Å². The lowest BCUT2D eigenvalue weighted by atomic mass is 10.2. The molecule has 0 aromatic carbocycles. The molecule has 1 unspecified atom stereocenters. The molecule has 7 nitrogen and oxygen atoms in total. The van der Waals surface area contributed by atoms with Crippen molar-refractivity contribution in [2.45, 2.75) is 51.7 Å². The summed E-state index contributed by atoms with van der Waals surface area (Å²) in [6.07, 6.45) is 8.87. The summed E-state index contributed by atoms with van der Waals surface area (Å²) in [5, 5.41) is 7.93. The number of halogens is 1. The van der Waals surface area contributed by atoms with E-state index in [1.54, 1.807) is 10.9 Å². The molecular weight excluding hydrogens is 398 g/mol. The number of pyridine rings is 1. The number of hydrogen-bond donors (Lipinski definition) is 0. The van der Waals surface area contributed by atoms with Crippen LogP contribution in [0.15, 0.2) is 29.1 Å². The summed E-state index contributed by atoms with van der Waals surface area (Å²) in [7, 11) is 0. The number of imidazole rings is 1. The first-order chi connectivity index (χ1) is 12.5. The van der Waals surface area contributed by atoms with Crippen LogP contribution in [0, 0.1) is 0 Å². The predicted octanol–water partition coefficient (Wildman–Crippen LogP) is 3.57. The Morgan fingerprint density at radius 1 is 1.38 bits per heavy atom. The molecule has 4 rings (SSSR count). The van der Waals surface area contributed by atoms with Crippen molar-refractivity contribution in [2.24, 2.45) is 0 Å². The molecule has 26 heavy (non-hydrogen) atoms. The molecule has 0 amide bonds. The number of fused-ring (bicyclic) bond motifs is 1. The Balaban J connectivity index is 1.52. The van der Waals surface area contributed by atoms with E-state index in [0.717, 1.165) is 22.2 Å². The van der Waals surface area contributed by atoms with Gasteiger partial charge in [-0.3, -0.25) is 0 Å². The Bertz CT molecular complexity index is 960.